The zero-order valence-electron chi connectivity index (χ0n) is 35.1. The van der Waals surface area contributed by atoms with Crippen LogP contribution in [-0.4, -0.2) is 0 Å². The van der Waals surface area contributed by atoms with E-state index in [1.807, 2.05) is 0 Å². The van der Waals surface area contributed by atoms with Crippen molar-refractivity contribution in [3.8, 4) is 55.6 Å². The van der Waals surface area contributed by atoms with E-state index in [0.29, 0.717) is 0 Å². The van der Waals surface area contributed by atoms with Crippen molar-refractivity contribution < 1.29 is 0 Å². The summed E-state index contributed by atoms with van der Waals surface area (Å²) in [5, 5.41) is 17.5. The minimum atomic E-state index is 1.19. The molecule has 0 amide bonds. The number of fused-ring (bicyclic) bond motifs is 7. The smallest absolute Gasteiger partial charge is 0.00259 e. The second-order valence-corrected chi connectivity index (χ2v) is 17.2. The van der Waals surface area contributed by atoms with Gasteiger partial charge in [0.05, 0.1) is 0 Å². The summed E-state index contributed by atoms with van der Waals surface area (Å²) in [6, 6.07) is 90.2. The Morgan fingerprint density at radius 2 is 0.422 bits per heavy atom. The molecule has 13 aromatic carbocycles. The minimum absolute atomic E-state index is 1.19. The van der Waals surface area contributed by atoms with E-state index in [2.05, 4.69) is 243 Å². The van der Waals surface area contributed by atoms with Gasteiger partial charge in [-0.3, -0.25) is 0 Å². The molecular formula is C64H40. The lowest BCUT2D eigenvalue weighted by atomic mass is 9.83. The first kappa shape index (κ1) is 36.3. The van der Waals surface area contributed by atoms with Crippen LogP contribution in [0.4, 0.5) is 0 Å². The van der Waals surface area contributed by atoms with Gasteiger partial charge in [-0.25, -0.2) is 0 Å². The van der Waals surface area contributed by atoms with Gasteiger partial charge in [0.25, 0.3) is 0 Å². The zero-order chi connectivity index (χ0) is 42.1. The Kier molecular flexibility index (Phi) is 8.32. The van der Waals surface area contributed by atoms with Crippen molar-refractivity contribution >= 4 is 75.4 Å². The van der Waals surface area contributed by atoms with Gasteiger partial charge in [0, 0.05) is 0 Å². The fourth-order valence-electron chi connectivity index (χ4n) is 10.6. The van der Waals surface area contributed by atoms with Crippen molar-refractivity contribution in [1.82, 2.24) is 0 Å². The molecule has 0 saturated carbocycles. The normalized spacial score (nSPS) is 11.8. The second kappa shape index (κ2) is 14.7. The van der Waals surface area contributed by atoms with E-state index in [-0.39, 0.29) is 0 Å². The van der Waals surface area contributed by atoms with E-state index in [4.69, 9.17) is 0 Å². The van der Waals surface area contributed by atoms with Crippen LogP contribution in [0.15, 0.2) is 243 Å². The Balaban J connectivity index is 1.11. The fourth-order valence-corrected chi connectivity index (χ4v) is 10.6. The maximum atomic E-state index is 2.46. The highest BCUT2D eigenvalue weighted by molar-refractivity contribution is 6.24. The van der Waals surface area contributed by atoms with Crippen LogP contribution in [-0.2, 0) is 0 Å². The molecule has 296 valence electrons. The van der Waals surface area contributed by atoms with Crippen molar-refractivity contribution in [3.63, 3.8) is 0 Å². The summed E-state index contributed by atoms with van der Waals surface area (Å²) in [6.07, 6.45) is 0. The number of rotatable bonds is 5. The number of hydrogen-bond acceptors (Lipinski definition) is 0. The molecule has 0 aliphatic rings. The molecule has 0 atom stereocenters. The summed E-state index contributed by atoms with van der Waals surface area (Å²) in [5.41, 5.74) is 12.3. The van der Waals surface area contributed by atoms with Crippen molar-refractivity contribution in [2.75, 3.05) is 0 Å². The third-order valence-electron chi connectivity index (χ3n) is 13.6. The molecular weight excluding hydrogens is 769 g/mol. The van der Waals surface area contributed by atoms with Gasteiger partial charge in [0.1, 0.15) is 0 Å². The van der Waals surface area contributed by atoms with Crippen molar-refractivity contribution in [3.05, 3.63) is 243 Å². The van der Waals surface area contributed by atoms with E-state index in [1.165, 1.54) is 131 Å². The maximum Gasteiger partial charge on any atom is -0.00259 e. The maximum absolute atomic E-state index is 2.46. The Bertz CT molecular complexity index is 4000. The number of benzene rings is 13. The summed E-state index contributed by atoms with van der Waals surface area (Å²) >= 11 is 0. The average Bonchev–Trinajstić information content (AvgIpc) is 3.36. The standard InChI is InChI=1S/C64H40/c1-2-17-44(18-3-1)61-53-22-10-11-23-54(53)62(50-29-26-41-14-4-7-19-45(41)36-50)57-34-32-48(39-59(57)61)49-33-35-58-60(40-49)64(52-31-28-43-16-6-9-21-47(43)38-52)56-25-13-12-24-55(56)63(58)51-30-27-42-15-5-8-20-46(42)37-51/h1-40H. The summed E-state index contributed by atoms with van der Waals surface area (Å²) in [7, 11) is 0. The summed E-state index contributed by atoms with van der Waals surface area (Å²) in [5.74, 6) is 0. The first-order chi connectivity index (χ1) is 31.7. The van der Waals surface area contributed by atoms with Gasteiger partial charge < -0.3 is 0 Å². The summed E-state index contributed by atoms with van der Waals surface area (Å²) < 4.78 is 0. The Labute approximate surface area is 371 Å². The van der Waals surface area contributed by atoms with Crippen LogP contribution >= 0.6 is 0 Å². The van der Waals surface area contributed by atoms with Crippen molar-refractivity contribution in [1.29, 1.82) is 0 Å². The van der Waals surface area contributed by atoms with Crippen LogP contribution in [0.3, 0.4) is 0 Å². The second-order valence-electron chi connectivity index (χ2n) is 17.2. The molecule has 13 aromatic rings. The highest BCUT2D eigenvalue weighted by Crippen LogP contribution is 2.48. The molecule has 0 bridgehead atoms. The predicted octanol–water partition coefficient (Wildman–Crippen LogP) is 18.1. The molecule has 0 N–H and O–H groups in total. The molecule has 0 nitrogen and oxygen atoms in total. The molecule has 0 saturated heterocycles. The SMILES string of the molecule is c1ccc(-c2c3ccccc3c(-c3ccc4ccccc4c3)c3ccc(-c4ccc5c(-c6ccc7ccccc7c6)c6ccccc6c(-c6ccc7ccccc7c6)c5c4)cc23)cc1. The van der Waals surface area contributed by atoms with Crippen LogP contribution in [0.1, 0.15) is 0 Å². The van der Waals surface area contributed by atoms with Gasteiger partial charge >= 0.3 is 0 Å². The van der Waals surface area contributed by atoms with Crippen LogP contribution in [0.25, 0.3) is 131 Å². The van der Waals surface area contributed by atoms with Gasteiger partial charge in [-0.15, -0.1) is 0 Å². The predicted molar refractivity (Wildman–Crippen MR) is 276 cm³/mol. The molecule has 0 unspecified atom stereocenters. The van der Waals surface area contributed by atoms with Crippen LogP contribution < -0.4 is 0 Å². The molecule has 0 spiro atoms. The molecule has 64 heavy (non-hydrogen) atoms. The highest BCUT2D eigenvalue weighted by Gasteiger charge is 2.21. The highest BCUT2D eigenvalue weighted by atomic mass is 14.2. The lowest BCUT2D eigenvalue weighted by Gasteiger charge is -2.20. The molecule has 13 rings (SSSR count). The molecule has 0 aromatic heterocycles. The Hall–Kier alpha value is -8.32. The summed E-state index contributed by atoms with van der Waals surface area (Å²) in [4.78, 5) is 0. The lowest BCUT2D eigenvalue weighted by molar-refractivity contribution is 1.64. The third-order valence-corrected chi connectivity index (χ3v) is 13.6. The molecule has 0 fully saturated rings. The molecule has 0 aliphatic carbocycles. The average molecular weight is 809 g/mol. The zero-order valence-corrected chi connectivity index (χ0v) is 35.1. The first-order valence-electron chi connectivity index (χ1n) is 22.2. The molecule has 0 heteroatoms. The van der Waals surface area contributed by atoms with Crippen LogP contribution in [0.2, 0.25) is 0 Å². The topological polar surface area (TPSA) is 0 Å². The van der Waals surface area contributed by atoms with Gasteiger partial charge in [-0.2, -0.15) is 0 Å². The van der Waals surface area contributed by atoms with Gasteiger partial charge in [-0.1, -0.05) is 212 Å². The van der Waals surface area contributed by atoms with Crippen LogP contribution in [0, 0.1) is 0 Å². The first-order valence-corrected chi connectivity index (χ1v) is 22.2. The van der Waals surface area contributed by atoms with Crippen molar-refractivity contribution in [2.24, 2.45) is 0 Å². The van der Waals surface area contributed by atoms with E-state index in [9.17, 15) is 0 Å². The largest absolute Gasteiger partial charge is 0.0622 e. The minimum Gasteiger partial charge on any atom is -0.0622 e. The summed E-state index contributed by atoms with van der Waals surface area (Å²) in [6.45, 7) is 0. The monoisotopic (exact) mass is 808 g/mol. The fraction of sp³-hybridized carbons (Fsp3) is 0. The van der Waals surface area contributed by atoms with Gasteiger partial charge in [0.2, 0.25) is 0 Å². The van der Waals surface area contributed by atoms with Gasteiger partial charge in [0.15, 0.2) is 0 Å². The van der Waals surface area contributed by atoms with Gasteiger partial charge in [-0.05, 0) is 161 Å². The van der Waals surface area contributed by atoms with E-state index >= 15 is 0 Å². The lowest BCUT2D eigenvalue weighted by Crippen LogP contribution is -1.93. The van der Waals surface area contributed by atoms with Crippen LogP contribution in [0.5, 0.6) is 0 Å². The van der Waals surface area contributed by atoms with E-state index in [0.717, 1.165) is 0 Å². The van der Waals surface area contributed by atoms with Crippen molar-refractivity contribution in [2.45, 2.75) is 0 Å². The molecule has 0 heterocycles. The third kappa shape index (κ3) is 5.84. The quantitative estimate of drug-likeness (QED) is 0.152. The van der Waals surface area contributed by atoms with E-state index in [1.54, 1.807) is 0 Å². The molecule has 0 aliphatic heterocycles. The number of hydrogen-bond donors (Lipinski definition) is 0. The van der Waals surface area contributed by atoms with E-state index < -0.39 is 0 Å². The molecule has 0 radical (unpaired) electrons. The Morgan fingerprint density at radius 3 is 0.812 bits per heavy atom. The Morgan fingerprint density at radius 1 is 0.141 bits per heavy atom.